The lowest BCUT2D eigenvalue weighted by atomic mass is 10.3. The highest BCUT2D eigenvalue weighted by Crippen LogP contribution is 2.11. The van der Waals surface area contributed by atoms with Crippen LogP contribution in [-0.4, -0.2) is 31.6 Å². The second kappa shape index (κ2) is 6.69. The molecular weight excluding hydrogens is 308 g/mol. The van der Waals surface area contributed by atoms with Crippen molar-refractivity contribution in [3.05, 3.63) is 66.5 Å². The normalized spacial score (nSPS) is 10.2. The van der Waals surface area contributed by atoms with E-state index in [9.17, 15) is 9.59 Å². The maximum absolute atomic E-state index is 12.3. The number of aromatic nitrogens is 4. The molecule has 2 amide bonds. The van der Waals surface area contributed by atoms with Crippen LogP contribution in [0.1, 0.15) is 21.0 Å². The summed E-state index contributed by atoms with van der Waals surface area (Å²) in [5, 5.41) is 9.50. The summed E-state index contributed by atoms with van der Waals surface area (Å²) in [4.78, 5) is 32.3. The van der Waals surface area contributed by atoms with E-state index in [-0.39, 0.29) is 17.3 Å². The van der Waals surface area contributed by atoms with Crippen LogP contribution in [-0.2, 0) is 7.05 Å². The molecule has 3 heterocycles. The molecule has 2 N–H and O–H groups in total. The Bertz CT molecular complexity index is 861. The minimum absolute atomic E-state index is 0.147. The van der Waals surface area contributed by atoms with Gasteiger partial charge in [0, 0.05) is 49.3 Å². The van der Waals surface area contributed by atoms with Gasteiger partial charge < -0.3 is 10.6 Å². The molecule has 3 rings (SSSR count). The summed E-state index contributed by atoms with van der Waals surface area (Å²) < 4.78 is 1.36. The van der Waals surface area contributed by atoms with Gasteiger partial charge in [-0.05, 0) is 24.3 Å². The van der Waals surface area contributed by atoms with E-state index in [0.717, 1.165) is 0 Å². The molecule has 0 aliphatic carbocycles. The van der Waals surface area contributed by atoms with Crippen LogP contribution < -0.4 is 10.6 Å². The highest BCUT2D eigenvalue weighted by molar-refractivity contribution is 6.07. The summed E-state index contributed by atoms with van der Waals surface area (Å²) in [5.74, 6) is -0.765. The first-order valence-corrected chi connectivity index (χ1v) is 7.10. The molecule has 0 spiro atoms. The molecule has 0 unspecified atom stereocenters. The van der Waals surface area contributed by atoms with Crippen molar-refractivity contribution in [1.29, 1.82) is 0 Å². The molecule has 8 nitrogen and oxygen atoms in total. The molecule has 8 heteroatoms. The molecule has 24 heavy (non-hydrogen) atoms. The molecule has 0 saturated heterocycles. The minimum atomic E-state index is -0.403. The summed E-state index contributed by atoms with van der Waals surface area (Å²) >= 11 is 0. The zero-order valence-electron chi connectivity index (χ0n) is 12.8. The number of anilines is 2. The van der Waals surface area contributed by atoms with Crippen molar-refractivity contribution in [1.82, 2.24) is 19.7 Å². The largest absolute Gasteiger partial charge is 0.321 e. The van der Waals surface area contributed by atoms with E-state index in [1.165, 1.54) is 10.7 Å². The lowest BCUT2D eigenvalue weighted by Crippen LogP contribution is -2.15. The van der Waals surface area contributed by atoms with Crippen LogP contribution in [0.3, 0.4) is 0 Å². The second-order valence-electron chi connectivity index (χ2n) is 4.92. The van der Waals surface area contributed by atoms with Crippen LogP contribution in [0.4, 0.5) is 11.4 Å². The second-order valence-corrected chi connectivity index (χ2v) is 4.92. The van der Waals surface area contributed by atoms with Gasteiger partial charge in [-0.15, -0.1) is 0 Å². The maximum Gasteiger partial charge on any atom is 0.276 e. The van der Waals surface area contributed by atoms with Gasteiger partial charge in [-0.2, -0.15) is 5.10 Å². The van der Waals surface area contributed by atoms with Gasteiger partial charge in [0.25, 0.3) is 11.8 Å². The molecular formula is C16H14N6O2. The number of carbonyl (C=O) groups is 2. The monoisotopic (exact) mass is 322 g/mol. The smallest absolute Gasteiger partial charge is 0.276 e. The van der Waals surface area contributed by atoms with Gasteiger partial charge in [-0.25, -0.2) is 0 Å². The molecule has 0 aromatic carbocycles. The van der Waals surface area contributed by atoms with Crippen LogP contribution in [0.2, 0.25) is 0 Å². The average Bonchev–Trinajstić information content (AvgIpc) is 2.99. The SMILES string of the molecule is Cn1nc(C(=O)Nc2ccncc2)cc1C(=O)Nc1ccncc1. The Balaban J connectivity index is 1.75. The molecule has 0 saturated carbocycles. The third-order valence-corrected chi connectivity index (χ3v) is 3.22. The van der Waals surface area contributed by atoms with E-state index < -0.39 is 5.91 Å². The Kier molecular flexibility index (Phi) is 4.28. The number of rotatable bonds is 4. The van der Waals surface area contributed by atoms with Crippen LogP contribution in [0.5, 0.6) is 0 Å². The number of hydrogen-bond acceptors (Lipinski definition) is 5. The quantitative estimate of drug-likeness (QED) is 0.761. The van der Waals surface area contributed by atoms with E-state index in [2.05, 4.69) is 25.7 Å². The topological polar surface area (TPSA) is 102 Å². The summed E-state index contributed by atoms with van der Waals surface area (Å²) in [5.41, 5.74) is 1.63. The van der Waals surface area contributed by atoms with Crippen molar-refractivity contribution in [2.24, 2.45) is 7.05 Å². The molecule has 0 fully saturated rings. The summed E-state index contributed by atoms with van der Waals surface area (Å²) in [6, 6.07) is 8.11. The van der Waals surface area contributed by atoms with Crippen molar-refractivity contribution in [2.45, 2.75) is 0 Å². The predicted octanol–water partition coefficient (Wildman–Crippen LogP) is 1.71. The first kappa shape index (κ1) is 15.3. The highest BCUT2D eigenvalue weighted by Gasteiger charge is 2.17. The van der Waals surface area contributed by atoms with Gasteiger partial charge in [-0.3, -0.25) is 24.2 Å². The zero-order chi connectivity index (χ0) is 16.9. The lowest BCUT2D eigenvalue weighted by molar-refractivity contribution is 0.101. The third kappa shape index (κ3) is 3.43. The van der Waals surface area contributed by atoms with Gasteiger partial charge in [0.05, 0.1) is 0 Å². The van der Waals surface area contributed by atoms with E-state index in [4.69, 9.17) is 0 Å². The van der Waals surface area contributed by atoms with Crippen molar-refractivity contribution < 1.29 is 9.59 Å². The number of carbonyl (C=O) groups excluding carboxylic acids is 2. The zero-order valence-corrected chi connectivity index (χ0v) is 12.8. The van der Waals surface area contributed by atoms with Crippen molar-refractivity contribution in [2.75, 3.05) is 10.6 Å². The fourth-order valence-corrected chi connectivity index (χ4v) is 2.05. The highest BCUT2D eigenvalue weighted by atomic mass is 16.2. The first-order chi connectivity index (χ1) is 11.6. The Labute approximate surface area is 137 Å². The van der Waals surface area contributed by atoms with Gasteiger partial charge in [-0.1, -0.05) is 0 Å². The number of nitrogens with zero attached hydrogens (tertiary/aromatic N) is 4. The van der Waals surface area contributed by atoms with Gasteiger partial charge >= 0.3 is 0 Å². The van der Waals surface area contributed by atoms with Crippen molar-refractivity contribution in [3.8, 4) is 0 Å². The van der Waals surface area contributed by atoms with Crippen LogP contribution >= 0.6 is 0 Å². The van der Waals surface area contributed by atoms with Gasteiger partial charge in [0.1, 0.15) is 5.69 Å². The number of pyridine rings is 2. The molecule has 3 aromatic rings. The molecule has 0 aliphatic heterocycles. The Hall–Kier alpha value is -3.55. The number of nitrogens with one attached hydrogen (secondary N) is 2. The first-order valence-electron chi connectivity index (χ1n) is 7.10. The van der Waals surface area contributed by atoms with E-state index in [0.29, 0.717) is 11.4 Å². The number of amides is 2. The molecule has 0 radical (unpaired) electrons. The fraction of sp³-hybridized carbons (Fsp3) is 0.0625. The van der Waals surface area contributed by atoms with Gasteiger partial charge in [0.2, 0.25) is 0 Å². The fourth-order valence-electron chi connectivity index (χ4n) is 2.05. The predicted molar refractivity (Wildman–Crippen MR) is 87.6 cm³/mol. The van der Waals surface area contributed by atoms with Crippen LogP contribution in [0, 0.1) is 0 Å². The van der Waals surface area contributed by atoms with Crippen LogP contribution in [0.25, 0.3) is 0 Å². The average molecular weight is 322 g/mol. The van der Waals surface area contributed by atoms with E-state index in [1.54, 1.807) is 56.1 Å². The summed E-state index contributed by atoms with van der Waals surface area (Å²) in [6.45, 7) is 0. The molecule has 0 bridgehead atoms. The Morgan fingerprint density at radius 2 is 1.38 bits per heavy atom. The van der Waals surface area contributed by atoms with Gasteiger partial charge in [0.15, 0.2) is 5.69 Å². The molecule has 120 valence electrons. The summed E-state index contributed by atoms with van der Waals surface area (Å²) in [7, 11) is 1.60. The molecule has 0 atom stereocenters. The lowest BCUT2D eigenvalue weighted by Gasteiger charge is -2.04. The number of hydrogen-bond donors (Lipinski definition) is 2. The Morgan fingerprint density at radius 3 is 1.92 bits per heavy atom. The minimum Gasteiger partial charge on any atom is -0.321 e. The standard InChI is InChI=1S/C16H14N6O2/c1-22-14(16(24)20-12-4-8-18-9-5-12)10-13(21-22)15(23)19-11-2-6-17-7-3-11/h2-10H,1H3,(H,17,19,23)(H,18,20,24). The maximum atomic E-state index is 12.3. The van der Waals surface area contributed by atoms with Crippen molar-refractivity contribution >= 4 is 23.2 Å². The van der Waals surface area contributed by atoms with Crippen LogP contribution in [0.15, 0.2) is 55.1 Å². The molecule has 3 aromatic heterocycles. The molecule has 0 aliphatic rings. The Morgan fingerprint density at radius 1 is 0.875 bits per heavy atom. The third-order valence-electron chi connectivity index (χ3n) is 3.22. The van der Waals surface area contributed by atoms with E-state index in [1.807, 2.05) is 0 Å². The summed E-state index contributed by atoms with van der Waals surface area (Å²) in [6.07, 6.45) is 6.29. The van der Waals surface area contributed by atoms with Crippen molar-refractivity contribution in [3.63, 3.8) is 0 Å². The van der Waals surface area contributed by atoms with E-state index >= 15 is 0 Å². The number of aryl methyl sites for hydroxylation is 1.